The van der Waals surface area contributed by atoms with Crippen LogP contribution in [-0.4, -0.2) is 16.4 Å². The van der Waals surface area contributed by atoms with Crippen LogP contribution in [0.4, 0.5) is 0 Å². The molecule has 0 aromatic heterocycles. The number of allylic oxidation sites excluding steroid dienone is 1. The van der Waals surface area contributed by atoms with E-state index in [1.807, 2.05) is 13.8 Å². The molecule has 0 amide bonds. The monoisotopic (exact) mass is 258 g/mol. The summed E-state index contributed by atoms with van der Waals surface area (Å²) in [5.74, 6) is -0.474. The molecule has 14 heavy (non-hydrogen) atoms. The van der Waals surface area contributed by atoms with Crippen LogP contribution < -0.4 is 0 Å². The fourth-order valence-corrected chi connectivity index (χ4v) is 1.20. The summed E-state index contributed by atoms with van der Waals surface area (Å²) >= 11 is 16.7. The van der Waals surface area contributed by atoms with Crippen molar-refractivity contribution in [2.75, 3.05) is 6.61 Å². The molecule has 0 aliphatic rings. The molecule has 0 N–H and O–H groups in total. The normalized spacial score (nSPS) is 13.2. The molecule has 0 heterocycles. The molecule has 0 radical (unpaired) electrons. The van der Waals surface area contributed by atoms with Gasteiger partial charge in [-0.05, 0) is 18.9 Å². The number of alkyl halides is 3. The molecule has 0 aromatic carbocycles. The number of esters is 1. The molecule has 0 rings (SSSR count). The standard InChI is InChI=1S/C9H13Cl3O2/c1-4-14-8(13)7(6(2)3)5-9(10,11)12/h5-6H,4H2,1-3H3/b7-5-. The molecule has 5 heteroatoms. The zero-order valence-corrected chi connectivity index (χ0v) is 10.6. The highest BCUT2D eigenvalue weighted by Gasteiger charge is 2.23. The third-order valence-electron chi connectivity index (χ3n) is 1.45. The number of rotatable bonds is 3. The third-order valence-corrected chi connectivity index (χ3v) is 1.78. The van der Waals surface area contributed by atoms with Gasteiger partial charge in [-0.25, -0.2) is 4.79 Å². The molecular weight excluding hydrogens is 246 g/mol. The minimum Gasteiger partial charge on any atom is -0.463 e. The van der Waals surface area contributed by atoms with Gasteiger partial charge in [0.25, 0.3) is 0 Å². The first-order valence-electron chi connectivity index (χ1n) is 4.24. The van der Waals surface area contributed by atoms with Crippen LogP contribution in [0.3, 0.4) is 0 Å². The first-order chi connectivity index (χ1) is 6.28. The molecule has 0 atom stereocenters. The number of hydrogen-bond acceptors (Lipinski definition) is 2. The Bertz CT molecular complexity index is 229. The second kappa shape index (κ2) is 5.84. The Morgan fingerprint density at radius 3 is 2.21 bits per heavy atom. The maximum Gasteiger partial charge on any atom is 0.334 e. The Balaban J connectivity index is 4.78. The van der Waals surface area contributed by atoms with Gasteiger partial charge in [-0.1, -0.05) is 48.7 Å². The van der Waals surface area contributed by atoms with Gasteiger partial charge in [-0.15, -0.1) is 0 Å². The van der Waals surface area contributed by atoms with Crippen LogP contribution in [0, 0.1) is 5.92 Å². The number of carbonyl (C=O) groups is 1. The van der Waals surface area contributed by atoms with E-state index in [0.717, 1.165) is 0 Å². The van der Waals surface area contributed by atoms with Crippen molar-refractivity contribution < 1.29 is 9.53 Å². The highest BCUT2D eigenvalue weighted by molar-refractivity contribution is 6.69. The van der Waals surface area contributed by atoms with E-state index in [-0.39, 0.29) is 5.92 Å². The van der Waals surface area contributed by atoms with E-state index >= 15 is 0 Å². The van der Waals surface area contributed by atoms with Crippen molar-refractivity contribution >= 4 is 40.8 Å². The minimum absolute atomic E-state index is 0.0373. The van der Waals surface area contributed by atoms with Crippen LogP contribution >= 0.6 is 34.8 Å². The van der Waals surface area contributed by atoms with Gasteiger partial charge in [0.05, 0.1) is 6.61 Å². The van der Waals surface area contributed by atoms with Gasteiger partial charge in [-0.2, -0.15) is 0 Å². The summed E-state index contributed by atoms with van der Waals surface area (Å²) in [5, 5.41) is 0. The first-order valence-corrected chi connectivity index (χ1v) is 5.38. The molecule has 82 valence electrons. The molecule has 0 aliphatic heterocycles. The summed E-state index contributed by atoms with van der Waals surface area (Å²) in [4.78, 5) is 11.4. The molecule has 0 aromatic rings. The van der Waals surface area contributed by atoms with Crippen molar-refractivity contribution in [2.45, 2.75) is 24.6 Å². The van der Waals surface area contributed by atoms with E-state index in [1.165, 1.54) is 6.08 Å². The fourth-order valence-electron chi connectivity index (χ4n) is 0.852. The maximum atomic E-state index is 11.4. The zero-order chi connectivity index (χ0) is 11.4. The Morgan fingerprint density at radius 2 is 1.93 bits per heavy atom. The summed E-state index contributed by atoms with van der Waals surface area (Å²) in [5.41, 5.74) is 0.381. The van der Waals surface area contributed by atoms with Crippen LogP contribution in [0.2, 0.25) is 0 Å². The van der Waals surface area contributed by atoms with Crippen LogP contribution in [0.25, 0.3) is 0 Å². The number of carbonyl (C=O) groups excluding carboxylic acids is 1. The van der Waals surface area contributed by atoms with Crippen molar-refractivity contribution in [3.63, 3.8) is 0 Å². The van der Waals surface area contributed by atoms with Crippen LogP contribution in [0.5, 0.6) is 0 Å². The van der Waals surface area contributed by atoms with Gasteiger partial charge in [0.1, 0.15) is 0 Å². The van der Waals surface area contributed by atoms with Gasteiger partial charge < -0.3 is 4.74 Å². The molecule has 0 saturated heterocycles. The van der Waals surface area contributed by atoms with E-state index in [9.17, 15) is 4.79 Å². The summed E-state index contributed by atoms with van der Waals surface area (Å²) < 4.78 is 3.26. The largest absolute Gasteiger partial charge is 0.463 e. The van der Waals surface area contributed by atoms with Crippen molar-refractivity contribution in [1.29, 1.82) is 0 Å². The number of hydrogen-bond donors (Lipinski definition) is 0. The predicted octanol–water partition coefficient (Wildman–Crippen LogP) is 3.50. The van der Waals surface area contributed by atoms with E-state index < -0.39 is 9.76 Å². The third kappa shape index (κ3) is 5.74. The summed E-state index contributed by atoms with van der Waals surface area (Å²) in [6.07, 6.45) is 1.29. The molecule has 0 bridgehead atoms. The van der Waals surface area contributed by atoms with E-state index in [0.29, 0.717) is 12.2 Å². The highest BCUT2D eigenvalue weighted by Crippen LogP contribution is 2.30. The number of halogens is 3. The maximum absolute atomic E-state index is 11.4. The Hall–Kier alpha value is 0.0800. The molecule has 2 nitrogen and oxygen atoms in total. The smallest absolute Gasteiger partial charge is 0.334 e. The SMILES string of the molecule is CCOC(=O)/C(=C\C(Cl)(Cl)Cl)C(C)C. The predicted molar refractivity (Wildman–Crippen MR) is 59.8 cm³/mol. The van der Waals surface area contributed by atoms with Crippen LogP contribution in [0.15, 0.2) is 11.6 Å². The van der Waals surface area contributed by atoms with E-state index in [2.05, 4.69) is 0 Å². The lowest BCUT2D eigenvalue weighted by Gasteiger charge is -2.13. The topological polar surface area (TPSA) is 26.3 Å². The summed E-state index contributed by atoms with van der Waals surface area (Å²) in [6.45, 7) is 5.70. The molecule has 0 unspecified atom stereocenters. The highest BCUT2D eigenvalue weighted by atomic mass is 35.6. The summed E-state index contributed by atoms with van der Waals surface area (Å²) in [6, 6.07) is 0. The molecular formula is C9H13Cl3O2. The van der Waals surface area contributed by atoms with Gasteiger partial charge in [0.15, 0.2) is 0 Å². The average molecular weight is 260 g/mol. The van der Waals surface area contributed by atoms with Crippen molar-refractivity contribution in [3.05, 3.63) is 11.6 Å². The van der Waals surface area contributed by atoms with Gasteiger partial charge in [0, 0.05) is 5.57 Å². The molecule has 0 spiro atoms. The molecule has 0 aliphatic carbocycles. The number of ether oxygens (including phenoxy) is 1. The summed E-state index contributed by atoms with van der Waals surface area (Å²) in [7, 11) is 0. The van der Waals surface area contributed by atoms with Gasteiger partial charge >= 0.3 is 5.97 Å². The van der Waals surface area contributed by atoms with Crippen LogP contribution in [0.1, 0.15) is 20.8 Å². The Labute approximate surface area is 99.2 Å². The zero-order valence-electron chi connectivity index (χ0n) is 8.31. The van der Waals surface area contributed by atoms with Crippen LogP contribution in [-0.2, 0) is 9.53 Å². The molecule has 0 fully saturated rings. The van der Waals surface area contributed by atoms with Crippen molar-refractivity contribution in [1.82, 2.24) is 0 Å². The second-order valence-electron chi connectivity index (χ2n) is 3.02. The fraction of sp³-hybridized carbons (Fsp3) is 0.667. The Morgan fingerprint density at radius 1 is 1.43 bits per heavy atom. The lowest BCUT2D eigenvalue weighted by molar-refractivity contribution is -0.139. The quantitative estimate of drug-likeness (QED) is 0.440. The second-order valence-corrected chi connectivity index (χ2v) is 5.39. The molecule has 0 saturated carbocycles. The van der Waals surface area contributed by atoms with Gasteiger partial charge in [0.2, 0.25) is 3.79 Å². The van der Waals surface area contributed by atoms with E-state index in [1.54, 1.807) is 6.92 Å². The first kappa shape index (κ1) is 14.1. The van der Waals surface area contributed by atoms with Crippen molar-refractivity contribution in [2.24, 2.45) is 5.92 Å². The average Bonchev–Trinajstić information content (AvgIpc) is 1.98. The lowest BCUT2D eigenvalue weighted by Crippen LogP contribution is -2.15. The van der Waals surface area contributed by atoms with Gasteiger partial charge in [-0.3, -0.25) is 0 Å². The lowest BCUT2D eigenvalue weighted by atomic mass is 10.0. The Kier molecular flexibility index (Phi) is 5.87. The minimum atomic E-state index is -1.56. The van der Waals surface area contributed by atoms with Crippen molar-refractivity contribution in [3.8, 4) is 0 Å². The van der Waals surface area contributed by atoms with E-state index in [4.69, 9.17) is 39.5 Å².